The van der Waals surface area contributed by atoms with E-state index in [-0.39, 0.29) is 6.10 Å². The maximum atomic E-state index is 9.96. The first-order valence-corrected chi connectivity index (χ1v) is 5.40. The van der Waals surface area contributed by atoms with Crippen LogP contribution in [0, 0.1) is 12.8 Å². The van der Waals surface area contributed by atoms with Crippen molar-refractivity contribution in [2.45, 2.75) is 19.4 Å². The molecule has 2 heterocycles. The van der Waals surface area contributed by atoms with Gasteiger partial charge in [0.05, 0.1) is 16.0 Å². The molecule has 0 saturated carbocycles. The number of thiazole rings is 1. The van der Waals surface area contributed by atoms with Gasteiger partial charge in [0.1, 0.15) is 0 Å². The number of aliphatic hydroxyl groups is 1. The Hall–Kier alpha value is -0.450. The van der Waals surface area contributed by atoms with Gasteiger partial charge in [0.25, 0.3) is 0 Å². The normalized spacial score (nSPS) is 24.9. The molecule has 0 radical (unpaired) electrons. The van der Waals surface area contributed by atoms with Crippen molar-refractivity contribution in [2.75, 3.05) is 13.1 Å². The van der Waals surface area contributed by atoms with E-state index in [9.17, 15) is 5.11 Å². The van der Waals surface area contributed by atoms with Crippen LogP contribution < -0.4 is 5.32 Å². The van der Waals surface area contributed by atoms with E-state index >= 15 is 0 Å². The van der Waals surface area contributed by atoms with Gasteiger partial charge in [-0.25, -0.2) is 4.98 Å². The van der Waals surface area contributed by atoms with Gasteiger partial charge in [-0.15, -0.1) is 11.3 Å². The Morgan fingerprint density at radius 3 is 3.15 bits per heavy atom. The van der Waals surface area contributed by atoms with Crippen LogP contribution in [0.15, 0.2) is 6.20 Å². The van der Waals surface area contributed by atoms with E-state index in [0.717, 1.165) is 29.4 Å². The number of nitrogens with one attached hydrogen (secondary N) is 1. The minimum atomic E-state index is -0.318. The summed E-state index contributed by atoms with van der Waals surface area (Å²) in [7, 11) is 0. The van der Waals surface area contributed by atoms with Gasteiger partial charge in [0.2, 0.25) is 0 Å². The van der Waals surface area contributed by atoms with Crippen molar-refractivity contribution in [3.8, 4) is 0 Å². The number of hydrogen-bond donors (Lipinski definition) is 2. The lowest BCUT2D eigenvalue weighted by molar-refractivity contribution is 0.121. The van der Waals surface area contributed by atoms with Crippen LogP contribution in [0.25, 0.3) is 0 Å². The molecule has 1 saturated heterocycles. The van der Waals surface area contributed by atoms with Gasteiger partial charge >= 0.3 is 0 Å². The zero-order chi connectivity index (χ0) is 9.26. The quantitative estimate of drug-likeness (QED) is 0.748. The van der Waals surface area contributed by atoms with Gasteiger partial charge in [-0.05, 0) is 19.9 Å². The predicted octanol–water partition coefficient (Wildman–Crippen LogP) is 1.09. The van der Waals surface area contributed by atoms with Crippen molar-refractivity contribution < 1.29 is 5.11 Å². The first-order valence-electron chi connectivity index (χ1n) is 4.58. The van der Waals surface area contributed by atoms with E-state index in [1.807, 2.05) is 6.92 Å². The molecule has 0 bridgehead atoms. The van der Waals surface area contributed by atoms with Crippen LogP contribution in [-0.2, 0) is 0 Å². The zero-order valence-corrected chi connectivity index (χ0v) is 8.47. The van der Waals surface area contributed by atoms with Crippen LogP contribution >= 0.6 is 11.3 Å². The minimum absolute atomic E-state index is 0.318. The first kappa shape index (κ1) is 9.12. The second kappa shape index (κ2) is 3.74. The highest BCUT2D eigenvalue weighted by Crippen LogP contribution is 2.29. The van der Waals surface area contributed by atoms with E-state index in [2.05, 4.69) is 10.3 Å². The van der Waals surface area contributed by atoms with Gasteiger partial charge in [0, 0.05) is 18.7 Å². The molecule has 2 atom stereocenters. The number of nitrogens with zero attached hydrogens (tertiary/aromatic N) is 1. The molecule has 1 aliphatic rings. The van der Waals surface area contributed by atoms with Crippen LogP contribution in [0.2, 0.25) is 0 Å². The number of aryl methyl sites for hydroxylation is 1. The van der Waals surface area contributed by atoms with Crippen molar-refractivity contribution in [1.29, 1.82) is 0 Å². The first-order chi connectivity index (χ1) is 6.27. The molecule has 2 rings (SSSR count). The lowest BCUT2D eigenvalue weighted by Crippen LogP contribution is -2.15. The molecule has 13 heavy (non-hydrogen) atoms. The predicted molar refractivity (Wildman–Crippen MR) is 52.8 cm³/mol. The summed E-state index contributed by atoms with van der Waals surface area (Å²) in [6.07, 6.45) is 2.54. The molecule has 0 aliphatic carbocycles. The summed E-state index contributed by atoms with van der Waals surface area (Å²) in [5, 5.41) is 14.2. The van der Waals surface area contributed by atoms with Gasteiger partial charge < -0.3 is 10.4 Å². The molecule has 3 nitrogen and oxygen atoms in total. The maximum Gasteiger partial charge on any atom is 0.0938 e. The Kier molecular flexibility index (Phi) is 2.62. The van der Waals surface area contributed by atoms with E-state index in [1.54, 1.807) is 17.5 Å². The van der Waals surface area contributed by atoms with E-state index in [0.29, 0.717) is 5.92 Å². The van der Waals surface area contributed by atoms with Gasteiger partial charge in [-0.3, -0.25) is 0 Å². The highest BCUT2D eigenvalue weighted by Gasteiger charge is 2.25. The molecule has 1 aromatic rings. The fourth-order valence-corrected chi connectivity index (χ4v) is 2.56. The highest BCUT2D eigenvalue weighted by atomic mass is 32.1. The van der Waals surface area contributed by atoms with Crippen molar-refractivity contribution in [2.24, 2.45) is 5.92 Å². The van der Waals surface area contributed by atoms with E-state index in [4.69, 9.17) is 0 Å². The third-order valence-electron chi connectivity index (χ3n) is 2.48. The Morgan fingerprint density at radius 1 is 1.77 bits per heavy atom. The van der Waals surface area contributed by atoms with Gasteiger partial charge in [-0.1, -0.05) is 0 Å². The summed E-state index contributed by atoms with van der Waals surface area (Å²) in [5.74, 6) is 0.375. The van der Waals surface area contributed by atoms with Crippen LogP contribution in [0.5, 0.6) is 0 Å². The third-order valence-corrected chi connectivity index (χ3v) is 3.46. The smallest absolute Gasteiger partial charge is 0.0938 e. The molecule has 4 heteroatoms. The summed E-state index contributed by atoms with van der Waals surface area (Å²) in [4.78, 5) is 5.15. The Morgan fingerprint density at radius 2 is 2.62 bits per heavy atom. The Bertz CT molecular complexity index is 281. The summed E-state index contributed by atoms with van der Waals surface area (Å²) in [6, 6.07) is 0. The summed E-state index contributed by atoms with van der Waals surface area (Å²) in [5.41, 5.74) is 0. The fourth-order valence-electron chi connectivity index (χ4n) is 1.69. The van der Waals surface area contributed by atoms with Crippen molar-refractivity contribution in [1.82, 2.24) is 10.3 Å². The Labute approximate surface area is 81.8 Å². The Balaban J connectivity index is 2.07. The number of hydrogen-bond acceptors (Lipinski definition) is 4. The molecule has 2 N–H and O–H groups in total. The van der Waals surface area contributed by atoms with Crippen LogP contribution in [0.3, 0.4) is 0 Å². The van der Waals surface area contributed by atoms with E-state index < -0.39 is 0 Å². The summed E-state index contributed by atoms with van der Waals surface area (Å²) < 4.78 is 0. The summed E-state index contributed by atoms with van der Waals surface area (Å²) >= 11 is 1.59. The van der Waals surface area contributed by atoms with Crippen molar-refractivity contribution >= 4 is 11.3 Å². The minimum Gasteiger partial charge on any atom is -0.387 e. The fraction of sp³-hybridized carbons (Fsp3) is 0.667. The molecule has 72 valence electrons. The average Bonchev–Trinajstić information content (AvgIpc) is 2.72. The standard InChI is InChI=1S/C9H14N2OS/c1-6-11-5-8(13-6)9(12)7-2-3-10-4-7/h5,7,9-10,12H,2-4H2,1H3/t7-,9?/m0/s1. The molecule has 1 unspecified atom stereocenters. The van der Waals surface area contributed by atoms with Gasteiger partial charge in [0.15, 0.2) is 0 Å². The molecule has 0 aromatic carbocycles. The third kappa shape index (κ3) is 1.90. The highest BCUT2D eigenvalue weighted by molar-refractivity contribution is 7.11. The van der Waals surface area contributed by atoms with Crippen LogP contribution in [-0.4, -0.2) is 23.2 Å². The van der Waals surface area contributed by atoms with Gasteiger partial charge in [-0.2, -0.15) is 0 Å². The number of aromatic nitrogens is 1. The van der Waals surface area contributed by atoms with Crippen LogP contribution in [0.1, 0.15) is 22.4 Å². The maximum absolute atomic E-state index is 9.96. The largest absolute Gasteiger partial charge is 0.387 e. The molecular weight excluding hydrogens is 184 g/mol. The second-order valence-corrected chi connectivity index (χ2v) is 4.75. The molecule has 1 aliphatic heterocycles. The molecule has 0 amide bonds. The van der Waals surface area contributed by atoms with Crippen LogP contribution in [0.4, 0.5) is 0 Å². The SMILES string of the molecule is Cc1ncc(C(O)[C@H]2CCNC2)s1. The molecular formula is C9H14N2OS. The lowest BCUT2D eigenvalue weighted by Gasteiger charge is -2.14. The number of aliphatic hydroxyl groups excluding tert-OH is 1. The van der Waals surface area contributed by atoms with Crippen molar-refractivity contribution in [3.05, 3.63) is 16.1 Å². The lowest BCUT2D eigenvalue weighted by atomic mass is 10.0. The van der Waals surface area contributed by atoms with Crippen molar-refractivity contribution in [3.63, 3.8) is 0 Å². The second-order valence-electron chi connectivity index (χ2n) is 3.48. The molecule has 0 spiro atoms. The topological polar surface area (TPSA) is 45.2 Å². The molecule has 1 fully saturated rings. The molecule has 1 aromatic heterocycles. The van der Waals surface area contributed by atoms with E-state index in [1.165, 1.54) is 0 Å². The zero-order valence-electron chi connectivity index (χ0n) is 7.66. The number of rotatable bonds is 2. The average molecular weight is 198 g/mol. The summed E-state index contributed by atoms with van der Waals surface area (Å²) in [6.45, 7) is 3.92. The monoisotopic (exact) mass is 198 g/mol.